The number of nitrogens with one attached hydrogen (secondary N) is 1. The molecule has 5 nitrogen and oxygen atoms in total. The molecule has 0 aliphatic heterocycles. The second-order valence-electron chi connectivity index (χ2n) is 5.23. The Morgan fingerprint density at radius 3 is 2.43 bits per heavy atom. The van der Waals surface area contributed by atoms with Crippen LogP contribution in [0.1, 0.15) is 18.4 Å². The summed E-state index contributed by atoms with van der Waals surface area (Å²) in [6, 6.07) is 5.80. The van der Waals surface area contributed by atoms with Crippen LogP contribution in [0.15, 0.2) is 29.0 Å². The van der Waals surface area contributed by atoms with E-state index in [-0.39, 0.29) is 5.91 Å². The maximum absolute atomic E-state index is 12.3. The van der Waals surface area contributed by atoms with Gasteiger partial charge in [0.05, 0.1) is 25.7 Å². The van der Waals surface area contributed by atoms with Gasteiger partial charge in [-0.1, -0.05) is 12.1 Å². The molecule has 1 amide bonds. The first-order valence-electron chi connectivity index (χ1n) is 6.65. The Labute approximate surface area is 126 Å². The van der Waals surface area contributed by atoms with Crippen molar-refractivity contribution in [1.29, 1.82) is 0 Å². The molecule has 0 radical (unpaired) electrons. The maximum Gasteiger partial charge on any atom is 0.227 e. The first-order valence-corrected chi connectivity index (χ1v) is 7.60. The van der Waals surface area contributed by atoms with Crippen LogP contribution in [0.5, 0.6) is 0 Å². The summed E-state index contributed by atoms with van der Waals surface area (Å²) in [6.07, 6.45) is 0. The Morgan fingerprint density at radius 2 is 1.81 bits per heavy atom. The second kappa shape index (κ2) is 6.53. The third kappa shape index (κ3) is 3.24. The topological polar surface area (TPSA) is 89.8 Å². The zero-order valence-corrected chi connectivity index (χ0v) is 12.6. The van der Waals surface area contributed by atoms with Crippen LogP contribution in [0, 0.1) is 0 Å². The summed E-state index contributed by atoms with van der Waals surface area (Å²) in [5.74, 6) is -0.792. The highest BCUT2D eigenvalue weighted by molar-refractivity contribution is 7.09. The number of hydrogen-bond acceptors (Lipinski definition) is 5. The molecule has 0 spiro atoms. The van der Waals surface area contributed by atoms with Gasteiger partial charge in [0.15, 0.2) is 0 Å². The molecule has 0 aliphatic carbocycles. The van der Waals surface area contributed by atoms with Gasteiger partial charge in [-0.05, 0) is 40.1 Å². The van der Waals surface area contributed by atoms with Crippen molar-refractivity contribution in [2.24, 2.45) is 0 Å². The normalized spacial score (nSPS) is 13.3. The quantitative estimate of drug-likeness (QED) is 0.636. The van der Waals surface area contributed by atoms with E-state index in [1.165, 1.54) is 0 Å². The Hall–Kier alpha value is -1.47. The van der Waals surface area contributed by atoms with E-state index in [9.17, 15) is 20.1 Å². The van der Waals surface area contributed by atoms with Crippen LogP contribution in [-0.4, -0.2) is 46.6 Å². The second-order valence-corrected chi connectivity index (χ2v) is 5.97. The highest BCUT2D eigenvalue weighted by Crippen LogP contribution is 2.25. The summed E-state index contributed by atoms with van der Waals surface area (Å²) in [7, 11) is 0. The summed E-state index contributed by atoms with van der Waals surface area (Å²) >= 11 is 1.60. The van der Waals surface area contributed by atoms with E-state index in [2.05, 4.69) is 5.32 Å². The van der Waals surface area contributed by atoms with Crippen LogP contribution in [0.4, 0.5) is 0 Å². The smallest absolute Gasteiger partial charge is 0.227 e. The van der Waals surface area contributed by atoms with Crippen molar-refractivity contribution in [1.82, 2.24) is 5.32 Å². The Kier molecular flexibility index (Phi) is 4.95. The zero-order valence-electron chi connectivity index (χ0n) is 11.7. The molecule has 4 N–H and O–H groups in total. The number of fused-ring (bicyclic) bond motifs is 1. The minimum Gasteiger partial charge on any atom is -0.394 e. The van der Waals surface area contributed by atoms with Gasteiger partial charge in [-0.3, -0.25) is 4.79 Å². The van der Waals surface area contributed by atoms with Gasteiger partial charge in [0.25, 0.3) is 0 Å². The number of aliphatic hydroxyl groups is 3. The summed E-state index contributed by atoms with van der Waals surface area (Å²) in [6.45, 7) is 0.172. The van der Waals surface area contributed by atoms with E-state index in [1.54, 1.807) is 18.3 Å². The summed E-state index contributed by atoms with van der Waals surface area (Å²) < 4.78 is 0. The van der Waals surface area contributed by atoms with E-state index in [0.717, 1.165) is 16.3 Å². The highest BCUT2D eigenvalue weighted by atomic mass is 32.1. The predicted molar refractivity (Wildman–Crippen MR) is 82.4 cm³/mol. The molecule has 0 saturated heterocycles. The van der Waals surface area contributed by atoms with E-state index in [1.807, 2.05) is 29.0 Å². The van der Waals surface area contributed by atoms with E-state index < -0.39 is 31.3 Å². The molecule has 0 fully saturated rings. The van der Waals surface area contributed by atoms with Gasteiger partial charge in [0.1, 0.15) is 5.54 Å². The lowest BCUT2D eigenvalue weighted by Gasteiger charge is -2.30. The van der Waals surface area contributed by atoms with Crippen LogP contribution in [0.3, 0.4) is 0 Å². The molecule has 1 aromatic heterocycles. The highest BCUT2D eigenvalue weighted by Gasteiger charge is 2.31. The number of carbonyl (C=O) groups excluding carboxylic acids is 1. The van der Waals surface area contributed by atoms with Gasteiger partial charge in [0, 0.05) is 0 Å². The van der Waals surface area contributed by atoms with Gasteiger partial charge in [0.2, 0.25) is 5.91 Å². The molecule has 0 saturated carbocycles. The third-order valence-electron chi connectivity index (χ3n) is 3.69. The van der Waals surface area contributed by atoms with Crippen LogP contribution >= 0.6 is 11.3 Å². The van der Waals surface area contributed by atoms with Crippen molar-refractivity contribution in [3.63, 3.8) is 0 Å². The fourth-order valence-corrected chi connectivity index (χ4v) is 2.82. The van der Waals surface area contributed by atoms with Crippen molar-refractivity contribution in [2.45, 2.75) is 18.4 Å². The SMILES string of the molecule is CC(C(=O)NC(CO)(CO)CO)c1ccc2cscc2c1. The Balaban J connectivity index is 2.18. The molecule has 2 aromatic rings. The lowest BCUT2D eigenvalue weighted by atomic mass is 9.96. The van der Waals surface area contributed by atoms with Crippen molar-refractivity contribution in [3.8, 4) is 0 Å². The van der Waals surface area contributed by atoms with Gasteiger partial charge in [-0.25, -0.2) is 0 Å². The molecular formula is C15H19NO4S. The average Bonchev–Trinajstić information content (AvgIpc) is 2.99. The molecule has 1 aromatic carbocycles. The van der Waals surface area contributed by atoms with Crippen molar-refractivity contribution in [3.05, 3.63) is 34.5 Å². The first-order chi connectivity index (χ1) is 10.0. The average molecular weight is 309 g/mol. The molecule has 0 bridgehead atoms. The molecule has 1 atom stereocenters. The number of rotatable bonds is 6. The van der Waals surface area contributed by atoms with Gasteiger partial charge in [-0.2, -0.15) is 11.3 Å². The predicted octanol–water partition coefficient (Wildman–Crippen LogP) is 0.837. The minimum absolute atomic E-state index is 0.346. The number of thiophene rings is 1. The van der Waals surface area contributed by atoms with E-state index in [0.29, 0.717) is 0 Å². The number of amides is 1. The maximum atomic E-state index is 12.3. The molecule has 0 aliphatic rings. The summed E-state index contributed by atoms with van der Waals surface area (Å²) in [4.78, 5) is 12.3. The van der Waals surface area contributed by atoms with Crippen LogP contribution in [0.2, 0.25) is 0 Å². The molecule has 1 unspecified atom stereocenters. The van der Waals surface area contributed by atoms with Crippen molar-refractivity contribution < 1.29 is 20.1 Å². The first kappa shape index (κ1) is 15.9. The fourth-order valence-electron chi connectivity index (χ4n) is 2.04. The monoisotopic (exact) mass is 309 g/mol. The molecule has 2 rings (SSSR count). The molecule has 1 heterocycles. The third-order valence-corrected chi connectivity index (χ3v) is 4.47. The van der Waals surface area contributed by atoms with Crippen LogP contribution in [-0.2, 0) is 4.79 Å². The zero-order chi connectivity index (χ0) is 15.5. The molecular weight excluding hydrogens is 290 g/mol. The number of hydrogen-bond donors (Lipinski definition) is 4. The number of carbonyl (C=O) groups is 1. The van der Waals surface area contributed by atoms with E-state index in [4.69, 9.17) is 0 Å². The Bertz CT molecular complexity index is 613. The molecule has 6 heteroatoms. The van der Waals surface area contributed by atoms with Crippen LogP contribution in [0.25, 0.3) is 10.8 Å². The summed E-state index contributed by atoms with van der Waals surface area (Å²) in [5, 5.41) is 36.6. The standard InChI is InChI=1S/C15H19NO4S/c1-10(14(20)16-15(7-17,8-18)9-19)11-2-3-12-5-21-6-13(12)4-11/h2-6,10,17-19H,7-9H2,1H3,(H,16,20). The lowest BCUT2D eigenvalue weighted by molar-refractivity contribution is -0.126. The molecule has 21 heavy (non-hydrogen) atoms. The molecule has 114 valence electrons. The van der Waals surface area contributed by atoms with E-state index >= 15 is 0 Å². The lowest BCUT2D eigenvalue weighted by Crippen LogP contribution is -2.57. The van der Waals surface area contributed by atoms with Gasteiger partial charge < -0.3 is 20.6 Å². The van der Waals surface area contributed by atoms with Crippen molar-refractivity contribution in [2.75, 3.05) is 19.8 Å². The van der Waals surface area contributed by atoms with Crippen molar-refractivity contribution >= 4 is 28.0 Å². The number of benzene rings is 1. The van der Waals surface area contributed by atoms with Gasteiger partial charge >= 0.3 is 0 Å². The van der Waals surface area contributed by atoms with Crippen LogP contribution < -0.4 is 5.32 Å². The summed E-state index contributed by atoms with van der Waals surface area (Å²) in [5.41, 5.74) is -0.543. The fraction of sp³-hybridized carbons (Fsp3) is 0.400. The number of aliphatic hydroxyl groups excluding tert-OH is 3. The minimum atomic E-state index is -1.39. The largest absolute Gasteiger partial charge is 0.394 e. The Morgan fingerprint density at radius 1 is 1.19 bits per heavy atom. The van der Waals surface area contributed by atoms with Gasteiger partial charge in [-0.15, -0.1) is 0 Å².